The van der Waals surface area contributed by atoms with Crippen LogP contribution in [0.2, 0.25) is 0 Å². The first-order valence-corrected chi connectivity index (χ1v) is 9.33. The second-order valence-electron chi connectivity index (χ2n) is 5.00. The largest absolute Gasteiger partial charge is 0.493 e. The Morgan fingerprint density at radius 1 is 1.25 bits per heavy atom. The van der Waals surface area contributed by atoms with Gasteiger partial charge in [-0.2, -0.15) is 0 Å². The number of amides is 1. The molecule has 1 aromatic heterocycles. The van der Waals surface area contributed by atoms with Gasteiger partial charge in [0.1, 0.15) is 11.5 Å². The van der Waals surface area contributed by atoms with Gasteiger partial charge in [-0.25, -0.2) is 8.42 Å². The SMILES string of the molecule is CCOc1ccccc1-c1ccc(C(=O)NC/C=C/S(C)(=O)=O)o1. The Morgan fingerprint density at radius 2 is 2.00 bits per heavy atom. The molecular weight excluding hydrogens is 330 g/mol. The number of furan rings is 1. The smallest absolute Gasteiger partial charge is 0.287 e. The predicted molar refractivity (Wildman–Crippen MR) is 91.6 cm³/mol. The molecule has 0 radical (unpaired) electrons. The van der Waals surface area contributed by atoms with Crippen molar-refractivity contribution in [2.45, 2.75) is 6.92 Å². The van der Waals surface area contributed by atoms with Gasteiger partial charge in [0.25, 0.3) is 5.91 Å². The number of carbonyl (C=O) groups excluding carboxylic acids is 1. The normalized spacial score (nSPS) is 11.6. The molecule has 0 spiro atoms. The van der Waals surface area contributed by atoms with Crippen molar-refractivity contribution in [3.8, 4) is 17.1 Å². The lowest BCUT2D eigenvalue weighted by Crippen LogP contribution is -2.22. The summed E-state index contributed by atoms with van der Waals surface area (Å²) in [6, 6.07) is 10.7. The minimum absolute atomic E-state index is 0.0947. The van der Waals surface area contributed by atoms with Crippen LogP contribution in [-0.2, 0) is 9.84 Å². The second kappa shape index (κ2) is 7.83. The zero-order chi connectivity index (χ0) is 17.6. The number of carbonyl (C=O) groups is 1. The van der Waals surface area contributed by atoms with E-state index in [2.05, 4.69) is 5.32 Å². The number of benzene rings is 1. The molecule has 2 rings (SSSR count). The molecule has 7 heteroatoms. The summed E-state index contributed by atoms with van der Waals surface area (Å²) in [6.07, 6.45) is 2.45. The van der Waals surface area contributed by atoms with Crippen LogP contribution in [0.15, 0.2) is 52.3 Å². The third-order valence-electron chi connectivity index (χ3n) is 3.01. The van der Waals surface area contributed by atoms with E-state index in [-0.39, 0.29) is 12.3 Å². The number of para-hydroxylation sites is 1. The minimum atomic E-state index is -3.20. The Balaban J connectivity index is 2.08. The molecule has 1 N–H and O–H groups in total. The predicted octanol–water partition coefficient (Wildman–Crippen LogP) is 2.63. The van der Waals surface area contributed by atoms with Crippen LogP contribution in [0.25, 0.3) is 11.3 Å². The fourth-order valence-electron chi connectivity index (χ4n) is 2.02. The maximum atomic E-state index is 12.0. The first kappa shape index (κ1) is 17.8. The number of ether oxygens (including phenoxy) is 1. The van der Waals surface area contributed by atoms with Gasteiger partial charge in [-0.1, -0.05) is 18.2 Å². The topological polar surface area (TPSA) is 85.6 Å². The standard InChI is InChI=1S/C17H19NO5S/c1-3-22-14-8-5-4-7-13(14)15-9-10-16(23-15)17(19)18-11-6-12-24(2,20)21/h4-10,12H,3,11H2,1-2H3,(H,18,19)/b12-6+. The number of nitrogens with one attached hydrogen (secondary N) is 1. The van der Waals surface area contributed by atoms with Crippen LogP contribution in [0.4, 0.5) is 0 Å². The summed E-state index contributed by atoms with van der Waals surface area (Å²) in [5, 5.41) is 3.60. The first-order chi connectivity index (χ1) is 11.4. The van der Waals surface area contributed by atoms with Crippen molar-refractivity contribution in [2.24, 2.45) is 0 Å². The Morgan fingerprint density at radius 3 is 2.71 bits per heavy atom. The van der Waals surface area contributed by atoms with Crippen molar-refractivity contribution in [1.82, 2.24) is 5.32 Å². The first-order valence-electron chi connectivity index (χ1n) is 7.37. The molecular formula is C17H19NO5S. The molecule has 1 heterocycles. The summed E-state index contributed by atoms with van der Waals surface area (Å²) >= 11 is 0. The van der Waals surface area contributed by atoms with Gasteiger partial charge < -0.3 is 14.5 Å². The Hall–Kier alpha value is -2.54. The Bertz CT molecular complexity index is 836. The van der Waals surface area contributed by atoms with E-state index in [1.54, 1.807) is 12.1 Å². The molecule has 6 nitrogen and oxygen atoms in total. The third-order valence-corrected chi connectivity index (χ3v) is 3.69. The third kappa shape index (κ3) is 4.99. The Kier molecular flexibility index (Phi) is 5.81. The quantitative estimate of drug-likeness (QED) is 0.830. The van der Waals surface area contributed by atoms with Crippen LogP contribution in [0.3, 0.4) is 0 Å². The van der Waals surface area contributed by atoms with E-state index in [1.165, 1.54) is 6.08 Å². The van der Waals surface area contributed by atoms with Gasteiger partial charge >= 0.3 is 0 Å². The molecule has 0 atom stereocenters. The molecule has 0 aliphatic carbocycles. The van der Waals surface area contributed by atoms with Gasteiger partial charge in [0.2, 0.25) is 0 Å². The molecule has 0 aliphatic rings. The van der Waals surface area contributed by atoms with E-state index < -0.39 is 15.7 Å². The molecule has 128 valence electrons. The summed E-state index contributed by atoms with van der Waals surface area (Å²) in [4.78, 5) is 12.0. The van der Waals surface area contributed by atoms with Crippen molar-refractivity contribution >= 4 is 15.7 Å². The highest BCUT2D eigenvalue weighted by atomic mass is 32.2. The lowest BCUT2D eigenvalue weighted by molar-refractivity contribution is 0.0931. The average molecular weight is 349 g/mol. The van der Waals surface area contributed by atoms with Gasteiger partial charge in [0, 0.05) is 18.2 Å². The number of sulfone groups is 1. The molecule has 0 saturated heterocycles. The number of hydrogen-bond acceptors (Lipinski definition) is 5. The molecule has 0 saturated carbocycles. The molecule has 2 aromatic rings. The lowest BCUT2D eigenvalue weighted by Gasteiger charge is -2.07. The summed E-state index contributed by atoms with van der Waals surface area (Å²) < 4.78 is 33.1. The molecule has 0 bridgehead atoms. The molecule has 0 unspecified atom stereocenters. The van der Waals surface area contributed by atoms with Crippen molar-refractivity contribution in [3.05, 3.63) is 53.6 Å². The van der Waals surface area contributed by atoms with Gasteiger partial charge in [0.05, 0.1) is 12.2 Å². The fraction of sp³-hybridized carbons (Fsp3) is 0.235. The number of rotatable bonds is 7. The Labute approximate surface area is 141 Å². The van der Waals surface area contributed by atoms with E-state index in [9.17, 15) is 13.2 Å². The van der Waals surface area contributed by atoms with Crippen LogP contribution in [0.1, 0.15) is 17.5 Å². The van der Waals surface area contributed by atoms with Gasteiger partial charge in [-0.15, -0.1) is 0 Å². The van der Waals surface area contributed by atoms with Crippen LogP contribution >= 0.6 is 0 Å². The summed E-state index contributed by atoms with van der Waals surface area (Å²) in [5.74, 6) is 0.922. The van der Waals surface area contributed by atoms with E-state index in [4.69, 9.17) is 9.15 Å². The van der Waals surface area contributed by atoms with Gasteiger partial charge in [0.15, 0.2) is 15.6 Å². The van der Waals surface area contributed by atoms with Crippen molar-refractivity contribution in [3.63, 3.8) is 0 Å². The highest BCUT2D eigenvalue weighted by Gasteiger charge is 2.14. The lowest BCUT2D eigenvalue weighted by atomic mass is 10.1. The van der Waals surface area contributed by atoms with E-state index in [0.29, 0.717) is 18.1 Å². The molecule has 0 aliphatic heterocycles. The van der Waals surface area contributed by atoms with Crippen LogP contribution in [-0.4, -0.2) is 33.7 Å². The van der Waals surface area contributed by atoms with Crippen LogP contribution in [0, 0.1) is 0 Å². The van der Waals surface area contributed by atoms with Gasteiger partial charge in [-0.05, 0) is 31.2 Å². The van der Waals surface area contributed by atoms with Crippen LogP contribution < -0.4 is 10.1 Å². The average Bonchev–Trinajstić information content (AvgIpc) is 3.01. The maximum absolute atomic E-state index is 12.0. The monoisotopic (exact) mass is 349 g/mol. The highest BCUT2D eigenvalue weighted by Crippen LogP contribution is 2.31. The summed E-state index contributed by atoms with van der Waals surface area (Å²) in [7, 11) is -3.20. The summed E-state index contributed by atoms with van der Waals surface area (Å²) in [6.45, 7) is 2.51. The van der Waals surface area contributed by atoms with E-state index in [0.717, 1.165) is 17.2 Å². The van der Waals surface area contributed by atoms with Crippen molar-refractivity contribution in [2.75, 3.05) is 19.4 Å². The zero-order valence-electron chi connectivity index (χ0n) is 13.5. The summed E-state index contributed by atoms with van der Waals surface area (Å²) in [5.41, 5.74) is 0.760. The van der Waals surface area contributed by atoms with Crippen LogP contribution in [0.5, 0.6) is 5.75 Å². The molecule has 1 amide bonds. The molecule has 1 aromatic carbocycles. The fourth-order valence-corrected chi connectivity index (χ4v) is 2.46. The molecule has 0 fully saturated rings. The number of hydrogen-bond donors (Lipinski definition) is 1. The van der Waals surface area contributed by atoms with Crippen molar-refractivity contribution in [1.29, 1.82) is 0 Å². The van der Waals surface area contributed by atoms with Gasteiger partial charge in [-0.3, -0.25) is 4.79 Å². The highest BCUT2D eigenvalue weighted by molar-refractivity contribution is 7.93. The van der Waals surface area contributed by atoms with Crippen molar-refractivity contribution < 1.29 is 22.4 Å². The van der Waals surface area contributed by atoms with E-state index in [1.807, 2.05) is 31.2 Å². The second-order valence-corrected chi connectivity index (χ2v) is 6.94. The molecule has 24 heavy (non-hydrogen) atoms. The zero-order valence-corrected chi connectivity index (χ0v) is 14.3. The minimum Gasteiger partial charge on any atom is -0.493 e. The van der Waals surface area contributed by atoms with E-state index >= 15 is 0 Å². The maximum Gasteiger partial charge on any atom is 0.287 e.